The fourth-order valence-electron chi connectivity index (χ4n) is 6.91. The van der Waals surface area contributed by atoms with Gasteiger partial charge in [0, 0.05) is 25.0 Å². The van der Waals surface area contributed by atoms with Gasteiger partial charge in [-0.2, -0.15) is 0 Å². The number of likely N-dealkylation sites (N-methyl/N-ethyl adjacent to an activating group) is 1. The summed E-state index contributed by atoms with van der Waals surface area (Å²) in [6, 6.07) is 0. The molecule has 0 N–H and O–H groups in total. The monoisotopic (exact) mass is 433 g/mol. The predicted molar refractivity (Wildman–Crippen MR) is 118 cm³/mol. The minimum absolute atomic E-state index is 0.0173. The van der Waals surface area contributed by atoms with Crippen molar-refractivity contribution in [2.75, 3.05) is 34.4 Å². The van der Waals surface area contributed by atoms with E-state index in [0.29, 0.717) is 19.6 Å². The summed E-state index contributed by atoms with van der Waals surface area (Å²) in [5.74, 6) is -0.0650. The molecule has 174 valence electrons. The van der Waals surface area contributed by atoms with E-state index in [0.717, 1.165) is 37.7 Å². The highest BCUT2D eigenvalue weighted by Crippen LogP contribution is 2.64. The molecule has 6 heteroatoms. The van der Waals surface area contributed by atoms with Crippen molar-refractivity contribution < 1.29 is 23.9 Å². The molecule has 6 nitrogen and oxygen atoms in total. The fraction of sp³-hybridized carbons (Fsp3) is 0.800. The summed E-state index contributed by atoms with van der Waals surface area (Å²) in [5.41, 5.74) is 0.363. The number of hydrogen-bond acceptors (Lipinski definition) is 6. The first kappa shape index (κ1) is 24.0. The average molecular weight is 434 g/mol. The SMILES string of the molecule is COC(=O)[C@@]1(C)CCC[C@]2(C)[C@H]1CC(=O)[C@@H]1[C@@H](C)/C(=C/C(=O)OCCN(C)C)CC[C@@H]12. The number of allylic oxidation sites excluding steroid dienone is 1. The van der Waals surface area contributed by atoms with Crippen molar-refractivity contribution in [1.82, 2.24) is 4.90 Å². The Morgan fingerprint density at radius 1 is 1.23 bits per heavy atom. The zero-order valence-corrected chi connectivity index (χ0v) is 20.0. The lowest BCUT2D eigenvalue weighted by Crippen LogP contribution is -2.59. The molecule has 3 rings (SSSR count). The van der Waals surface area contributed by atoms with Crippen LogP contribution in [-0.4, -0.2) is 57.0 Å². The summed E-state index contributed by atoms with van der Waals surface area (Å²) < 4.78 is 10.5. The van der Waals surface area contributed by atoms with Crippen molar-refractivity contribution in [1.29, 1.82) is 0 Å². The highest BCUT2D eigenvalue weighted by Gasteiger charge is 2.62. The Morgan fingerprint density at radius 3 is 2.58 bits per heavy atom. The molecule has 3 fully saturated rings. The van der Waals surface area contributed by atoms with Crippen LogP contribution in [0.15, 0.2) is 11.6 Å². The lowest BCUT2D eigenvalue weighted by molar-refractivity contribution is -0.178. The second-order valence-corrected chi connectivity index (χ2v) is 10.6. The summed E-state index contributed by atoms with van der Waals surface area (Å²) in [6.45, 7) is 7.42. The van der Waals surface area contributed by atoms with E-state index in [1.807, 2.05) is 25.9 Å². The Bertz CT molecular complexity index is 759. The smallest absolute Gasteiger partial charge is 0.330 e. The van der Waals surface area contributed by atoms with E-state index in [4.69, 9.17) is 9.47 Å². The summed E-state index contributed by atoms with van der Waals surface area (Å²) in [5, 5.41) is 0. The van der Waals surface area contributed by atoms with Crippen LogP contribution >= 0.6 is 0 Å². The maximum absolute atomic E-state index is 13.4. The van der Waals surface area contributed by atoms with Gasteiger partial charge >= 0.3 is 11.9 Å². The molecule has 3 saturated carbocycles. The van der Waals surface area contributed by atoms with Crippen LogP contribution in [0.25, 0.3) is 0 Å². The maximum Gasteiger partial charge on any atom is 0.330 e. The molecule has 31 heavy (non-hydrogen) atoms. The summed E-state index contributed by atoms with van der Waals surface area (Å²) in [7, 11) is 5.33. The highest BCUT2D eigenvalue weighted by molar-refractivity contribution is 5.87. The van der Waals surface area contributed by atoms with Gasteiger partial charge in [0.2, 0.25) is 0 Å². The number of hydrogen-bond donors (Lipinski definition) is 0. The molecule has 0 aromatic heterocycles. The van der Waals surface area contributed by atoms with Crippen molar-refractivity contribution in [3.8, 4) is 0 Å². The molecular weight excluding hydrogens is 394 g/mol. The zero-order chi connectivity index (χ0) is 23.0. The standard InChI is InChI=1S/C25H39NO5/c1-16-17(14-21(28)31-13-12-26(4)5)8-9-18-22(16)19(27)15-20-24(18,2)10-7-11-25(20,3)23(29)30-6/h14,16,18,20,22H,7-13,15H2,1-6H3/b17-14+/t16-,18-,20+,22+,24-,25-/m0/s1. The van der Waals surface area contributed by atoms with E-state index in [9.17, 15) is 14.4 Å². The number of esters is 2. The lowest BCUT2D eigenvalue weighted by Gasteiger charge is -2.60. The number of fused-ring (bicyclic) bond motifs is 3. The number of carbonyl (C=O) groups excluding carboxylic acids is 3. The first-order valence-corrected chi connectivity index (χ1v) is 11.7. The molecule has 0 aromatic carbocycles. The van der Waals surface area contributed by atoms with Gasteiger partial charge in [0.15, 0.2) is 0 Å². The van der Waals surface area contributed by atoms with Gasteiger partial charge in [0.25, 0.3) is 0 Å². The number of ketones is 1. The van der Waals surface area contributed by atoms with Crippen molar-refractivity contribution in [2.24, 2.45) is 34.5 Å². The summed E-state index contributed by atoms with van der Waals surface area (Å²) >= 11 is 0. The number of rotatable bonds is 5. The zero-order valence-electron chi connectivity index (χ0n) is 20.0. The summed E-state index contributed by atoms with van der Waals surface area (Å²) in [4.78, 5) is 40.4. The normalized spacial score (nSPS) is 39.1. The van der Waals surface area contributed by atoms with Gasteiger partial charge in [-0.1, -0.05) is 25.8 Å². The third-order valence-corrected chi connectivity index (χ3v) is 8.64. The second kappa shape index (κ2) is 9.05. The number of nitrogens with zero attached hydrogens (tertiary/aromatic N) is 1. The maximum atomic E-state index is 13.4. The molecule has 0 spiro atoms. The number of Topliss-reactive ketones (excluding diaryl/α,β-unsaturated/α-hetero) is 1. The van der Waals surface area contributed by atoms with Crippen molar-refractivity contribution in [2.45, 2.75) is 59.3 Å². The molecule has 0 heterocycles. The van der Waals surface area contributed by atoms with Crippen LogP contribution in [0.1, 0.15) is 59.3 Å². The van der Waals surface area contributed by atoms with Gasteiger partial charge in [-0.3, -0.25) is 9.59 Å². The molecule has 0 radical (unpaired) electrons. The molecule has 0 bridgehead atoms. The Morgan fingerprint density at radius 2 is 1.94 bits per heavy atom. The average Bonchev–Trinajstić information content (AvgIpc) is 2.70. The molecular formula is C25H39NO5. The molecule has 0 unspecified atom stereocenters. The molecule has 0 aromatic rings. The van der Waals surface area contributed by atoms with Gasteiger partial charge in [-0.25, -0.2) is 4.79 Å². The van der Waals surface area contributed by atoms with Crippen LogP contribution in [-0.2, 0) is 23.9 Å². The highest BCUT2D eigenvalue weighted by atomic mass is 16.5. The van der Waals surface area contributed by atoms with Crippen LogP contribution in [0.5, 0.6) is 0 Å². The van der Waals surface area contributed by atoms with E-state index in [2.05, 4.69) is 13.8 Å². The van der Waals surface area contributed by atoms with Crippen LogP contribution in [0.4, 0.5) is 0 Å². The number of ether oxygens (including phenoxy) is 2. The van der Waals surface area contributed by atoms with Crippen molar-refractivity contribution in [3.63, 3.8) is 0 Å². The molecule has 0 amide bonds. The van der Waals surface area contributed by atoms with Gasteiger partial charge in [0.05, 0.1) is 12.5 Å². The van der Waals surface area contributed by atoms with E-state index >= 15 is 0 Å². The Hall–Kier alpha value is -1.69. The van der Waals surface area contributed by atoms with Crippen molar-refractivity contribution >= 4 is 17.7 Å². The fourth-order valence-corrected chi connectivity index (χ4v) is 6.91. The van der Waals surface area contributed by atoms with E-state index in [1.165, 1.54) is 7.11 Å². The topological polar surface area (TPSA) is 72.9 Å². The van der Waals surface area contributed by atoms with Gasteiger partial charge in [0.1, 0.15) is 12.4 Å². The first-order valence-electron chi connectivity index (χ1n) is 11.7. The van der Waals surface area contributed by atoms with E-state index < -0.39 is 5.41 Å². The predicted octanol–water partition coefficient (Wildman–Crippen LogP) is 3.64. The van der Waals surface area contributed by atoms with Crippen molar-refractivity contribution in [3.05, 3.63) is 11.6 Å². The Labute approximate surface area is 186 Å². The van der Waals surface area contributed by atoms with Gasteiger partial charge in [-0.05, 0) is 69.9 Å². The van der Waals surface area contributed by atoms with Crippen LogP contribution in [0.2, 0.25) is 0 Å². The third-order valence-electron chi connectivity index (χ3n) is 8.64. The Balaban J connectivity index is 1.81. The van der Waals surface area contributed by atoms with E-state index in [-0.39, 0.29) is 46.8 Å². The van der Waals surface area contributed by atoms with Crippen LogP contribution in [0, 0.1) is 34.5 Å². The van der Waals surface area contributed by atoms with Crippen LogP contribution < -0.4 is 0 Å². The molecule has 3 aliphatic rings. The molecule has 0 aliphatic heterocycles. The van der Waals surface area contributed by atoms with Gasteiger partial charge in [-0.15, -0.1) is 0 Å². The number of methoxy groups -OCH3 is 1. The largest absolute Gasteiger partial charge is 0.469 e. The quantitative estimate of drug-likeness (QED) is 0.487. The summed E-state index contributed by atoms with van der Waals surface area (Å²) in [6.07, 6.45) is 6.52. The minimum Gasteiger partial charge on any atom is -0.469 e. The van der Waals surface area contributed by atoms with Gasteiger partial charge < -0.3 is 14.4 Å². The Kier molecular flexibility index (Phi) is 6.99. The van der Waals surface area contributed by atoms with Crippen LogP contribution in [0.3, 0.4) is 0 Å². The minimum atomic E-state index is -0.599. The second-order valence-electron chi connectivity index (χ2n) is 10.6. The molecule has 3 aliphatic carbocycles. The molecule has 0 saturated heterocycles. The lowest BCUT2D eigenvalue weighted by atomic mass is 9.43. The first-order chi connectivity index (χ1) is 14.5. The number of carbonyl (C=O) groups is 3. The van der Waals surface area contributed by atoms with E-state index in [1.54, 1.807) is 6.08 Å². The third kappa shape index (κ3) is 4.33. The molecule has 6 atom stereocenters.